The third kappa shape index (κ3) is 2.95. The third-order valence-corrected chi connectivity index (χ3v) is 3.80. The zero-order valence-corrected chi connectivity index (χ0v) is 13.7. The summed E-state index contributed by atoms with van der Waals surface area (Å²) in [6.07, 6.45) is 3.46. The maximum Gasteiger partial charge on any atom is 0.260 e. The first-order valence-electron chi connectivity index (χ1n) is 7.61. The van der Waals surface area contributed by atoms with Crippen LogP contribution in [-0.4, -0.2) is 16.3 Å². The van der Waals surface area contributed by atoms with Crippen LogP contribution in [0.5, 0.6) is 0 Å². The van der Waals surface area contributed by atoms with Crippen molar-refractivity contribution in [1.29, 1.82) is 5.26 Å². The SMILES string of the molecule is CC(=O)c1ccccc1NC(=O)c1c(C)oc(-n2cccc2)c1C#N. The van der Waals surface area contributed by atoms with E-state index in [1.54, 1.807) is 60.3 Å². The Bertz CT molecular complexity index is 992. The molecule has 1 aromatic carbocycles. The number of nitrogens with one attached hydrogen (secondary N) is 1. The first kappa shape index (κ1) is 16.3. The molecule has 0 aliphatic carbocycles. The number of carbonyl (C=O) groups is 2. The summed E-state index contributed by atoms with van der Waals surface area (Å²) < 4.78 is 7.26. The number of furan rings is 1. The van der Waals surface area contributed by atoms with Crippen molar-refractivity contribution in [3.05, 3.63) is 71.2 Å². The number of Topliss-reactive ketones (excluding diaryl/α,β-unsaturated/α-hetero) is 1. The molecule has 1 N–H and O–H groups in total. The molecule has 0 bridgehead atoms. The van der Waals surface area contributed by atoms with E-state index < -0.39 is 5.91 Å². The van der Waals surface area contributed by atoms with Gasteiger partial charge in [-0.1, -0.05) is 12.1 Å². The monoisotopic (exact) mass is 333 g/mol. The molecule has 0 saturated heterocycles. The van der Waals surface area contributed by atoms with Crippen LogP contribution < -0.4 is 5.32 Å². The molecule has 6 heteroatoms. The summed E-state index contributed by atoms with van der Waals surface area (Å²) in [4.78, 5) is 24.4. The lowest BCUT2D eigenvalue weighted by molar-refractivity contribution is 0.101. The van der Waals surface area contributed by atoms with E-state index in [4.69, 9.17) is 4.42 Å². The molecule has 1 amide bonds. The number of hydrogen-bond acceptors (Lipinski definition) is 4. The Kier molecular flexibility index (Phi) is 4.23. The summed E-state index contributed by atoms with van der Waals surface area (Å²) in [6.45, 7) is 3.05. The second kappa shape index (κ2) is 6.49. The van der Waals surface area contributed by atoms with Gasteiger partial charge in [-0.15, -0.1) is 0 Å². The Hall–Kier alpha value is -3.59. The van der Waals surface area contributed by atoms with Gasteiger partial charge in [0.05, 0.1) is 5.69 Å². The van der Waals surface area contributed by atoms with E-state index in [1.807, 2.05) is 6.07 Å². The van der Waals surface area contributed by atoms with Crippen LogP contribution >= 0.6 is 0 Å². The van der Waals surface area contributed by atoms with Gasteiger partial charge < -0.3 is 9.73 Å². The summed E-state index contributed by atoms with van der Waals surface area (Å²) in [5, 5.41) is 12.2. The first-order chi connectivity index (χ1) is 12.0. The molecular weight excluding hydrogens is 318 g/mol. The molecule has 0 unspecified atom stereocenters. The van der Waals surface area contributed by atoms with Crippen molar-refractivity contribution in [2.45, 2.75) is 13.8 Å². The number of nitriles is 1. The number of amides is 1. The second-order valence-corrected chi connectivity index (χ2v) is 5.47. The van der Waals surface area contributed by atoms with Gasteiger partial charge in [-0.05, 0) is 38.1 Å². The molecule has 25 heavy (non-hydrogen) atoms. The van der Waals surface area contributed by atoms with Crippen molar-refractivity contribution >= 4 is 17.4 Å². The molecule has 3 aromatic rings. The highest BCUT2D eigenvalue weighted by atomic mass is 16.4. The predicted molar refractivity (Wildman–Crippen MR) is 91.9 cm³/mol. The van der Waals surface area contributed by atoms with Crippen molar-refractivity contribution in [2.75, 3.05) is 5.32 Å². The van der Waals surface area contributed by atoms with E-state index in [0.29, 0.717) is 17.0 Å². The normalized spacial score (nSPS) is 10.3. The Labute approximate surface area is 144 Å². The molecule has 3 rings (SSSR count). The Morgan fingerprint density at radius 3 is 2.48 bits per heavy atom. The van der Waals surface area contributed by atoms with Gasteiger partial charge in [0.2, 0.25) is 5.88 Å². The Morgan fingerprint density at radius 2 is 1.84 bits per heavy atom. The van der Waals surface area contributed by atoms with Gasteiger partial charge in [0.1, 0.15) is 23.0 Å². The van der Waals surface area contributed by atoms with Gasteiger partial charge in [-0.3, -0.25) is 14.2 Å². The fraction of sp³-hybridized carbons (Fsp3) is 0.105. The maximum absolute atomic E-state index is 12.7. The summed E-state index contributed by atoms with van der Waals surface area (Å²) >= 11 is 0. The lowest BCUT2D eigenvalue weighted by atomic mass is 10.1. The highest BCUT2D eigenvalue weighted by Crippen LogP contribution is 2.27. The quantitative estimate of drug-likeness (QED) is 0.737. The molecule has 124 valence electrons. The van der Waals surface area contributed by atoms with Gasteiger partial charge in [0.25, 0.3) is 5.91 Å². The van der Waals surface area contributed by atoms with E-state index in [1.165, 1.54) is 6.92 Å². The topological polar surface area (TPSA) is 88.0 Å². The number of anilines is 1. The number of carbonyl (C=O) groups excluding carboxylic acids is 2. The first-order valence-corrected chi connectivity index (χ1v) is 7.61. The van der Waals surface area contributed by atoms with Gasteiger partial charge in [-0.2, -0.15) is 5.26 Å². The minimum absolute atomic E-state index is 0.145. The number of nitrogens with zero attached hydrogens (tertiary/aromatic N) is 2. The number of hydrogen-bond donors (Lipinski definition) is 1. The number of aromatic nitrogens is 1. The fourth-order valence-electron chi connectivity index (χ4n) is 2.64. The van der Waals surface area contributed by atoms with Crippen LogP contribution in [0.15, 0.2) is 53.2 Å². The molecular formula is C19H15N3O3. The Balaban J connectivity index is 2.02. The van der Waals surface area contributed by atoms with E-state index in [0.717, 1.165) is 0 Å². The van der Waals surface area contributed by atoms with E-state index >= 15 is 0 Å². The average molecular weight is 333 g/mol. The maximum atomic E-state index is 12.7. The minimum Gasteiger partial charge on any atom is -0.443 e. The standard InChI is InChI=1S/C19H15N3O3/c1-12(23)14-7-3-4-8-16(14)21-18(24)17-13(2)25-19(15(17)11-20)22-9-5-6-10-22/h3-10H,1-2H3,(H,21,24). The molecule has 0 atom stereocenters. The van der Waals surface area contributed by atoms with Crippen molar-refractivity contribution in [3.63, 3.8) is 0 Å². The van der Waals surface area contributed by atoms with Crippen molar-refractivity contribution in [2.24, 2.45) is 0 Å². The van der Waals surface area contributed by atoms with Crippen LogP contribution in [-0.2, 0) is 0 Å². The van der Waals surface area contributed by atoms with Crippen molar-refractivity contribution in [3.8, 4) is 12.0 Å². The number of para-hydroxylation sites is 1. The van der Waals surface area contributed by atoms with Gasteiger partial charge in [-0.25, -0.2) is 0 Å². The van der Waals surface area contributed by atoms with Crippen LogP contribution in [0, 0.1) is 18.3 Å². The summed E-state index contributed by atoms with van der Waals surface area (Å²) in [6, 6.07) is 12.3. The summed E-state index contributed by atoms with van der Waals surface area (Å²) in [5.41, 5.74) is 1.10. The molecule has 0 radical (unpaired) electrons. The molecule has 2 aromatic heterocycles. The molecule has 6 nitrogen and oxygen atoms in total. The average Bonchev–Trinajstić information content (AvgIpc) is 3.22. The lowest BCUT2D eigenvalue weighted by Gasteiger charge is -2.08. The minimum atomic E-state index is -0.495. The summed E-state index contributed by atoms with van der Waals surface area (Å²) in [7, 11) is 0. The molecule has 0 aliphatic heterocycles. The number of ketones is 1. The molecule has 0 fully saturated rings. The predicted octanol–water partition coefficient (Wildman–Crippen LogP) is 3.71. The van der Waals surface area contributed by atoms with Crippen LogP contribution in [0.1, 0.15) is 39.0 Å². The van der Waals surface area contributed by atoms with Crippen molar-refractivity contribution < 1.29 is 14.0 Å². The highest BCUT2D eigenvalue weighted by molar-refractivity contribution is 6.10. The van der Waals surface area contributed by atoms with Crippen LogP contribution in [0.4, 0.5) is 5.69 Å². The molecule has 2 heterocycles. The smallest absolute Gasteiger partial charge is 0.260 e. The molecule has 0 spiro atoms. The van der Waals surface area contributed by atoms with Gasteiger partial charge in [0, 0.05) is 18.0 Å². The number of rotatable bonds is 4. The number of benzene rings is 1. The fourth-order valence-corrected chi connectivity index (χ4v) is 2.64. The largest absolute Gasteiger partial charge is 0.443 e. The molecule has 0 saturated carbocycles. The Morgan fingerprint density at radius 1 is 1.16 bits per heavy atom. The zero-order chi connectivity index (χ0) is 18.0. The van der Waals surface area contributed by atoms with Crippen LogP contribution in [0.25, 0.3) is 5.88 Å². The summed E-state index contributed by atoms with van der Waals surface area (Å²) in [5.74, 6) is -0.0358. The highest BCUT2D eigenvalue weighted by Gasteiger charge is 2.25. The van der Waals surface area contributed by atoms with Crippen molar-refractivity contribution in [1.82, 2.24) is 4.57 Å². The van der Waals surface area contributed by atoms with E-state index in [2.05, 4.69) is 5.32 Å². The third-order valence-electron chi connectivity index (χ3n) is 3.80. The zero-order valence-electron chi connectivity index (χ0n) is 13.7. The second-order valence-electron chi connectivity index (χ2n) is 5.47. The lowest BCUT2D eigenvalue weighted by Crippen LogP contribution is -2.16. The molecule has 0 aliphatic rings. The van der Waals surface area contributed by atoms with Crippen LogP contribution in [0.2, 0.25) is 0 Å². The van der Waals surface area contributed by atoms with Gasteiger partial charge in [0.15, 0.2) is 5.78 Å². The van der Waals surface area contributed by atoms with Crippen LogP contribution in [0.3, 0.4) is 0 Å². The van der Waals surface area contributed by atoms with E-state index in [9.17, 15) is 14.9 Å². The van der Waals surface area contributed by atoms with E-state index in [-0.39, 0.29) is 22.8 Å². The number of aryl methyl sites for hydroxylation is 1. The van der Waals surface area contributed by atoms with Gasteiger partial charge >= 0.3 is 0 Å².